The molecule has 1 N–H and O–H groups in total. The molecule has 36 heavy (non-hydrogen) atoms. The predicted molar refractivity (Wildman–Crippen MR) is 138 cm³/mol. The number of nitrogens with one attached hydrogen (secondary N) is 1. The first kappa shape index (κ1) is 24.3. The Labute approximate surface area is 212 Å². The number of fused-ring (bicyclic) bond motifs is 2. The maximum atomic E-state index is 13.9. The minimum absolute atomic E-state index is 0.159. The van der Waals surface area contributed by atoms with Gasteiger partial charge in [-0.3, -0.25) is 4.79 Å². The molecule has 2 aliphatic heterocycles. The van der Waals surface area contributed by atoms with Crippen LogP contribution in [-0.2, 0) is 25.0 Å². The molecule has 2 heterocycles. The van der Waals surface area contributed by atoms with Crippen LogP contribution in [0.5, 0.6) is 5.75 Å². The van der Waals surface area contributed by atoms with Gasteiger partial charge in [0.2, 0.25) is 10.0 Å². The minimum atomic E-state index is -3.97. The highest BCUT2D eigenvalue weighted by atomic mass is 32.2. The Hall–Kier alpha value is -3.36. The van der Waals surface area contributed by atoms with Gasteiger partial charge in [0.1, 0.15) is 11.8 Å². The number of nitrogens with zero attached hydrogens (tertiary/aromatic N) is 1. The molecule has 0 aromatic heterocycles. The molecule has 3 atom stereocenters. The second-order valence-corrected chi connectivity index (χ2v) is 11.2. The van der Waals surface area contributed by atoms with Gasteiger partial charge in [-0.15, -0.1) is 0 Å². The van der Waals surface area contributed by atoms with Crippen molar-refractivity contribution in [3.8, 4) is 5.75 Å². The van der Waals surface area contributed by atoms with Crippen molar-refractivity contribution in [3.63, 3.8) is 0 Å². The number of carbonyl (C=O) groups is 1. The molecule has 3 aromatic rings. The second kappa shape index (κ2) is 9.26. The number of para-hydroxylation sites is 1. The molecule has 1 fully saturated rings. The number of benzene rings is 3. The van der Waals surface area contributed by atoms with E-state index in [4.69, 9.17) is 9.47 Å². The summed E-state index contributed by atoms with van der Waals surface area (Å²) in [6.07, 6.45) is 0.461. The van der Waals surface area contributed by atoms with Crippen LogP contribution < -0.4 is 10.1 Å². The third-order valence-electron chi connectivity index (χ3n) is 7.35. The molecule has 0 bridgehead atoms. The maximum Gasteiger partial charge on any atom is 0.325 e. The highest BCUT2D eigenvalue weighted by molar-refractivity contribution is 7.89. The standard InChI is InChI=1S/C28H30N2O5S/c1-4-35-27(31)26-28(17-18-30(26)36(32,33)22-15-9-19(2)10-16-22)23-7-5-6-8-24(23)29-25(28)20-11-13-21(34-3)14-12-20/h5-16,25-26,29H,4,17-18H2,1-3H3/t25-,26-,28+/m0/s1. The molecule has 0 radical (unpaired) electrons. The van der Waals surface area contributed by atoms with E-state index >= 15 is 0 Å². The summed E-state index contributed by atoms with van der Waals surface area (Å²) in [4.78, 5) is 13.8. The molecule has 188 valence electrons. The third kappa shape index (κ3) is 3.76. The van der Waals surface area contributed by atoms with Crippen molar-refractivity contribution in [3.05, 3.63) is 89.5 Å². The number of sulfonamides is 1. The fourth-order valence-electron chi connectivity index (χ4n) is 5.69. The van der Waals surface area contributed by atoms with Gasteiger partial charge >= 0.3 is 5.97 Å². The lowest BCUT2D eigenvalue weighted by Gasteiger charge is -2.38. The van der Waals surface area contributed by atoms with Gasteiger partial charge in [0, 0.05) is 12.2 Å². The smallest absolute Gasteiger partial charge is 0.325 e. The summed E-state index contributed by atoms with van der Waals surface area (Å²) in [5.74, 6) is 0.183. The van der Waals surface area contributed by atoms with Gasteiger partial charge in [0.05, 0.1) is 30.1 Å². The van der Waals surface area contributed by atoms with E-state index in [0.717, 1.165) is 28.1 Å². The summed E-state index contributed by atoms with van der Waals surface area (Å²) >= 11 is 0. The molecule has 3 aromatic carbocycles. The number of ether oxygens (including phenoxy) is 2. The van der Waals surface area contributed by atoms with Crippen molar-refractivity contribution in [2.45, 2.75) is 42.7 Å². The van der Waals surface area contributed by atoms with Crippen LogP contribution in [0.15, 0.2) is 77.7 Å². The number of carbonyl (C=O) groups excluding carboxylic acids is 1. The van der Waals surface area contributed by atoms with Crippen LogP contribution in [0.2, 0.25) is 0 Å². The highest BCUT2D eigenvalue weighted by Gasteiger charge is 2.63. The normalized spacial score (nSPS) is 23.3. The molecule has 5 rings (SSSR count). The molecule has 7 nitrogen and oxygen atoms in total. The van der Waals surface area contributed by atoms with Crippen molar-refractivity contribution in [1.29, 1.82) is 0 Å². The van der Waals surface area contributed by atoms with E-state index in [1.165, 1.54) is 4.31 Å². The Morgan fingerprint density at radius 3 is 2.42 bits per heavy atom. The van der Waals surface area contributed by atoms with Gasteiger partial charge in [0.25, 0.3) is 0 Å². The molecule has 8 heteroatoms. The summed E-state index contributed by atoms with van der Waals surface area (Å²) in [6, 6.07) is 20.9. The number of hydrogen-bond acceptors (Lipinski definition) is 6. The van der Waals surface area contributed by atoms with Crippen LogP contribution in [0, 0.1) is 6.92 Å². The Morgan fingerprint density at radius 2 is 1.75 bits per heavy atom. The lowest BCUT2D eigenvalue weighted by atomic mass is 9.69. The summed E-state index contributed by atoms with van der Waals surface area (Å²) in [5.41, 5.74) is 2.86. The zero-order valence-corrected chi connectivity index (χ0v) is 21.4. The van der Waals surface area contributed by atoms with Crippen LogP contribution in [0.3, 0.4) is 0 Å². The summed E-state index contributed by atoms with van der Waals surface area (Å²) in [6.45, 7) is 4.00. The van der Waals surface area contributed by atoms with Gasteiger partial charge < -0.3 is 14.8 Å². The van der Waals surface area contributed by atoms with Gasteiger partial charge in [-0.1, -0.05) is 48.0 Å². The van der Waals surface area contributed by atoms with E-state index in [9.17, 15) is 13.2 Å². The minimum Gasteiger partial charge on any atom is -0.497 e. The van der Waals surface area contributed by atoms with E-state index in [1.807, 2.05) is 55.5 Å². The number of hydrogen-bond donors (Lipinski definition) is 1. The Bertz CT molecular complexity index is 1370. The van der Waals surface area contributed by atoms with Crippen molar-refractivity contribution in [1.82, 2.24) is 4.31 Å². The molecule has 1 spiro atoms. The first-order chi connectivity index (χ1) is 17.3. The van der Waals surface area contributed by atoms with Crippen LogP contribution in [0.25, 0.3) is 0 Å². The predicted octanol–water partition coefficient (Wildman–Crippen LogP) is 4.43. The monoisotopic (exact) mass is 506 g/mol. The van der Waals surface area contributed by atoms with Gasteiger partial charge in [-0.05, 0) is 61.7 Å². The first-order valence-corrected chi connectivity index (χ1v) is 13.5. The van der Waals surface area contributed by atoms with Crippen LogP contribution in [0.1, 0.15) is 36.1 Å². The van der Waals surface area contributed by atoms with E-state index in [-0.39, 0.29) is 24.1 Å². The van der Waals surface area contributed by atoms with Crippen molar-refractivity contribution < 1.29 is 22.7 Å². The van der Waals surface area contributed by atoms with E-state index in [0.29, 0.717) is 6.42 Å². The lowest BCUT2D eigenvalue weighted by molar-refractivity contribution is -0.149. The zero-order chi connectivity index (χ0) is 25.5. The molecule has 0 unspecified atom stereocenters. The number of anilines is 1. The Balaban J connectivity index is 1.68. The Kier molecular flexibility index (Phi) is 6.26. The average Bonchev–Trinajstić information content (AvgIpc) is 3.45. The quantitative estimate of drug-likeness (QED) is 0.498. The lowest BCUT2D eigenvalue weighted by Crippen LogP contribution is -2.52. The van der Waals surface area contributed by atoms with E-state index in [1.54, 1.807) is 38.3 Å². The van der Waals surface area contributed by atoms with Gasteiger partial charge in [-0.25, -0.2) is 8.42 Å². The van der Waals surface area contributed by atoms with Gasteiger partial charge in [0.15, 0.2) is 0 Å². The molecule has 0 saturated carbocycles. The second-order valence-electron chi connectivity index (χ2n) is 9.27. The van der Waals surface area contributed by atoms with E-state index < -0.39 is 27.4 Å². The van der Waals surface area contributed by atoms with Crippen molar-refractivity contribution in [2.24, 2.45) is 0 Å². The van der Waals surface area contributed by atoms with Crippen LogP contribution in [0.4, 0.5) is 5.69 Å². The molecular weight excluding hydrogens is 476 g/mol. The van der Waals surface area contributed by atoms with Crippen molar-refractivity contribution >= 4 is 21.7 Å². The number of rotatable bonds is 6. The SMILES string of the molecule is CCOC(=O)[C@@H]1N(S(=O)(=O)c2ccc(C)cc2)CC[C@]12c1ccccc1N[C@H]2c1ccc(OC)cc1. The zero-order valence-electron chi connectivity index (χ0n) is 20.6. The molecule has 2 aliphatic rings. The summed E-state index contributed by atoms with van der Waals surface area (Å²) in [5, 5.41) is 3.60. The van der Waals surface area contributed by atoms with Crippen LogP contribution in [-0.4, -0.2) is 45.0 Å². The molecule has 1 saturated heterocycles. The third-order valence-corrected chi connectivity index (χ3v) is 9.23. The maximum absolute atomic E-state index is 13.9. The average molecular weight is 507 g/mol. The van der Waals surface area contributed by atoms with E-state index in [2.05, 4.69) is 5.32 Å². The topological polar surface area (TPSA) is 84.9 Å². The fraction of sp³-hybridized carbons (Fsp3) is 0.321. The largest absolute Gasteiger partial charge is 0.497 e. The number of methoxy groups -OCH3 is 1. The number of aryl methyl sites for hydroxylation is 1. The molecule has 0 aliphatic carbocycles. The summed E-state index contributed by atoms with van der Waals surface area (Å²) < 4.78 is 40.1. The summed E-state index contributed by atoms with van der Waals surface area (Å²) in [7, 11) is -2.35. The fourth-order valence-corrected chi connectivity index (χ4v) is 7.32. The Morgan fingerprint density at radius 1 is 1.06 bits per heavy atom. The number of esters is 1. The van der Waals surface area contributed by atoms with Gasteiger partial charge in [-0.2, -0.15) is 4.31 Å². The highest BCUT2D eigenvalue weighted by Crippen LogP contribution is 2.57. The molecular formula is C28H30N2O5S. The van der Waals surface area contributed by atoms with Crippen molar-refractivity contribution in [2.75, 3.05) is 25.6 Å². The first-order valence-electron chi connectivity index (χ1n) is 12.1. The molecule has 0 amide bonds. The van der Waals surface area contributed by atoms with Crippen LogP contribution >= 0.6 is 0 Å².